The Bertz CT molecular complexity index is 765. The van der Waals surface area contributed by atoms with Gasteiger partial charge >= 0.3 is 11.9 Å². The zero-order valence-corrected chi connectivity index (χ0v) is 11.4. The van der Waals surface area contributed by atoms with Crippen molar-refractivity contribution >= 4 is 11.9 Å². The minimum atomic E-state index is -1.31. The molecule has 2 aromatic rings. The van der Waals surface area contributed by atoms with E-state index in [1.165, 1.54) is 18.2 Å². The van der Waals surface area contributed by atoms with E-state index in [0.29, 0.717) is 12.4 Å². The Kier molecular flexibility index (Phi) is 3.42. The lowest BCUT2D eigenvalue weighted by molar-refractivity contribution is 0.0651. The predicted octanol–water partition coefficient (Wildman–Crippen LogP) is 2.81. The van der Waals surface area contributed by atoms with Crippen molar-refractivity contribution in [1.82, 2.24) is 0 Å². The van der Waals surface area contributed by atoms with E-state index in [9.17, 15) is 9.59 Å². The molecule has 0 aliphatic carbocycles. The summed E-state index contributed by atoms with van der Waals surface area (Å²) in [5.74, 6) is -0.978. The molecule has 0 amide bonds. The SMILES string of the molecule is O=C(O)c1ccc(Oc2ccc3c(c2)CCO3)cc1C(=O)O. The number of hydrogen-bond acceptors (Lipinski definition) is 4. The van der Waals surface area contributed by atoms with E-state index < -0.39 is 11.9 Å². The molecule has 1 heterocycles. The first-order chi connectivity index (χ1) is 10.5. The molecular weight excluding hydrogens is 288 g/mol. The van der Waals surface area contributed by atoms with Gasteiger partial charge in [0.15, 0.2) is 0 Å². The van der Waals surface area contributed by atoms with Gasteiger partial charge in [-0.2, -0.15) is 0 Å². The van der Waals surface area contributed by atoms with Gasteiger partial charge in [-0.3, -0.25) is 0 Å². The van der Waals surface area contributed by atoms with Crippen LogP contribution in [0.4, 0.5) is 0 Å². The number of hydrogen-bond donors (Lipinski definition) is 2. The lowest BCUT2D eigenvalue weighted by Crippen LogP contribution is -2.07. The summed E-state index contributed by atoms with van der Waals surface area (Å²) in [4.78, 5) is 22.2. The number of carboxylic acids is 2. The number of carbonyl (C=O) groups is 2. The second-order valence-corrected chi connectivity index (χ2v) is 4.79. The molecule has 0 radical (unpaired) electrons. The molecule has 3 rings (SSSR count). The number of carboxylic acid groups (broad SMARTS) is 2. The van der Waals surface area contributed by atoms with Gasteiger partial charge < -0.3 is 19.7 Å². The number of ether oxygens (including phenoxy) is 2. The average molecular weight is 300 g/mol. The van der Waals surface area contributed by atoms with Crippen LogP contribution in [-0.4, -0.2) is 28.8 Å². The van der Waals surface area contributed by atoms with Crippen molar-refractivity contribution in [1.29, 1.82) is 0 Å². The molecule has 6 heteroatoms. The van der Waals surface area contributed by atoms with E-state index in [2.05, 4.69) is 0 Å². The van der Waals surface area contributed by atoms with E-state index in [-0.39, 0.29) is 16.9 Å². The fourth-order valence-electron chi connectivity index (χ4n) is 2.31. The minimum absolute atomic E-state index is 0.265. The van der Waals surface area contributed by atoms with Crippen molar-refractivity contribution in [3.63, 3.8) is 0 Å². The molecule has 0 spiro atoms. The molecule has 0 saturated heterocycles. The molecule has 2 aromatic carbocycles. The van der Waals surface area contributed by atoms with Gasteiger partial charge in [0.2, 0.25) is 0 Å². The zero-order chi connectivity index (χ0) is 15.7. The molecule has 0 aromatic heterocycles. The second-order valence-electron chi connectivity index (χ2n) is 4.79. The summed E-state index contributed by atoms with van der Waals surface area (Å²) >= 11 is 0. The van der Waals surface area contributed by atoms with Crippen LogP contribution in [0, 0.1) is 0 Å². The molecule has 0 bridgehead atoms. The Morgan fingerprint density at radius 2 is 1.64 bits per heavy atom. The third kappa shape index (κ3) is 2.58. The van der Waals surface area contributed by atoms with Crippen LogP contribution >= 0.6 is 0 Å². The number of rotatable bonds is 4. The van der Waals surface area contributed by atoms with Gasteiger partial charge in [-0.1, -0.05) is 0 Å². The van der Waals surface area contributed by atoms with E-state index in [4.69, 9.17) is 19.7 Å². The summed E-state index contributed by atoms with van der Waals surface area (Å²) < 4.78 is 11.0. The lowest BCUT2D eigenvalue weighted by atomic mass is 10.1. The van der Waals surface area contributed by atoms with Gasteiger partial charge in [-0.05, 0) is 36.4 Å². The Morgan fingerprint density at radius 1 is 0.955 bits per heavy atom. The molecule has 22 heavy (non-hydrogen) atoms. The van der Waals surface area contributed by atoms with Crippen LogP contribution < -0.4 is 9.47 Å². The summed E-state index contributed by atoms with van der Waals surface area (Å²) in [7, 11) is 0. The van der Waals surface area contributed by atoms with Gasteiger partial charge in [0, 0.05) is 12.0 Å². The Balaban J connectivity index is 1.91. The predicted molar refractivity (Wildman–Crippen MR) is 76.1 cm³/mol. The molecule has 0 unspecified atom stereocenters. The maximum Gasteiger partial charge on any atom is 0.336 e. The van der Waals surface area contributed by atoms with Crippen LogP contribution in [0.15, 0.2) is 36.4 Å². The van der Waals surface area contributed by atoms with Crippen molar-refractivity contribution < 1.29 is 29.3 Å². The topological polar surface area (TPSA) is 93.1 Å². The highest BCUT2D eigenvalue weighted by Gasteiger charge is 2.18. The first-order valence-electron chi connectivity index (χ1n) is 6.59. The van der Waals surface area contributed by atoms with E-state index in [1.807, 2.05) is 6.07 Å². The van der Waals surface area contributed by atoms with Crippen LogP contribution in [0.2, 0.25) is 0 Å². The molecule has 6 nitrogen and oxygen atoms in total. The summed E-state index contributed by atoms with van der Waals surface area (Å²) in [6.45, 7) is 0.634. The lowest BCUT2D eigenvalue weighted by Gasteiger charge is -2.09. The van der Waals surface area contributed by atoms with Crippen molar-refractivity contribution in [3.05, 3.63) is 53.1 Å². The Morgan fingerprint density at radius 3 is 2.36 bits per heavy atom. The van der Waals surface area contributed by atoms with Gasteiger partial charge in [-0.25, -0.2) is 9.59 Å². The fraction of sp³-hybridized carbons (Fsp3) is 0.125. The summed E-state index contributed by atoms with van der Waals surface area (Å²) in [5.41, 5.74) is 0.440. The van der Waals surface area contributed by atoms with Crippen LogP contribution in [0.5, 0.6) is 17.2 Å². The third-order valence-electron chi connectivity index (χ3n) is 3.35. The summed E-state index contributed by atoms with van der Waals surface area (Å²) in [6.07, 6.45) is 0.796. The highest BCUT2D eigenvalue weighted by molar-refractivity contribution is 6.02. The van der Waals surface area contributed by atoms with E-state index in [0.717, 1.165) is 17.7 Å². The van der Waals surface area contributed by atoms with Crippen molar-refractivity contribution in [2.75, 3.05) is 6.61 Å². The summed E-state index contributed by atoms with van der Waals surface area (Å²) in [6, 6.07) is 9.19. The van der Waals surface area contributed by atoms with Gasteiger partial charge in [0.1, 0.15) is 17.2 Å². The maximum atomic E-state index is 11.1. The molecule has 0 fully saturated rings. The standard InChI is InChI=1S/C16H12O6/c17-15(18)12-3-1-11(8-13(12)16(19)20)22-10-2-4-14-9(7-10)5-6-21-14/h1-4,7-8H,5-6H2,(H,17,18)(H,19,20). The van der Waals surface area contributed by atoms with Crippen LogP contribution in [0.25, 0.3) is 0 Å². The van der Waals surface area contributed by atoms with Crippen LogP contribution in [0.3, 0.4) is 0 Å². The third-order valence-corrected chi connectivity index (χ3v) is 3.35. The minimum Gasteiger partial charge on any atom is -0.493 e. The average Bonchev–Trinajstić information content (AvgIpc) is 2.94. The van der Waals surface area contributed by atoms with E-state index in [1.54, 1.807) is 12.1 Å². The molecule has 0 atom stereocenters. The Labute approximate surface area is 125 Å². The molecule has 1 aliphatic heterocycles. The maximum absolute atomic E-state index is 11.1. The highest BCUT2D eigenvalue weighted by atomic mass is 16.5. The molecule has 112 valence electrons. The first-order valence-corrected chi connectivity index (χ1v) is 6.59. The van der Waals surface area contributed by atoms with Gasteiger partial charge in [0.05, 0.1) is 17.7 Å². The molecule has 1 aliphatic rings. The summed E-state index contributed by atoms with van der Waals surface area (Å²) in [5, 5.41) is 18.1. The number of fused-ring (bicyclic) bond motifs is 1. The number of benzene rings is 2. The zero-order valence-electron chi connectivity index (χ0n) is 11.4. The molecular formula is C16H12O6. The monoisotopic (exact) mass is 300 g/mol. The van der Waals surface area contributed by atoms with Gasteiger partial charge in [0.25, 0.3) is 0 Å². The van der Waals surface area contributed by atoms with Gasteiger partial charge in [-0.15, -0.1) is 0 Å². The molecule has 2 N–H and O–H groups in total. The van der Waals surface area contributed by atoms with Crippen LogP contribution in [-0.2, 0) is 6.42 Å². The highest BCUT2D eigenvalue weighted by Crippen LogP contribution is 2.31. The van der Waals surface area contributed by atoms with Crippen molar-refractivity contribution in [3.8, 4) is 17.2 Å². The quantitative estimate of drug-likeness (QED) is 0.902. The number of aromatic carboxylic acids is 2. The second kappa shape index (κ2) is 5.40. The molecule has 0 saturated carbocycles. The van der Waals surface area contributed by atoms with Crippen molar-refractivity contribution in [2.24, 2.45) is 0 Å². The van der Waals surface area contributed by atoms with Crippen LogP contribution in [0.1, 0.15) is 26.3 Å². The Hall–Kier alpha value is -3.02. The van der Waals surface area contributed by atoms with Crippen molar-refractivity contribution in [2.45, 2.75) is 6.42 Å². The first kappa shape index (κ1) is 13.9. The normalized spacial score (nSPS) is 12.4. The van der Waals surface area contributed by atoms with E-state index >= 15 is 0 Å². The fourth-order valence-corrected chi connectivity index (χ4v) is 2.31. The smallest absolute Gasteiger partial charge is 0.336 e. The largest absolute Gasteiger partial charge is 0.493 e.